The van der Waals surface area contributed by atoms with E-state index in [2.05, 4.69) is 10.4 Å². The lowest BCUT2D eigenvalue weighted by Gasteiger charge is -2.10. The Balaban J connectivity index is 1.68. The lowest BCUT2D eigenvalue weighted by molar-refractivity contribution is 0.0948. The number of nitrogens with zero attached hydrogens (tertiary/aromatic N) is 2. The number of aromatic nitrogens is 2. The zero-order chi connectivity index (χ0) is 18.0. The van der Waals surface area contributed by atoms with Crippen molar-refractivity contribution in [2.24, 2.45) is 0 Å². The molecule has 7 nitrogen and oxygen atoms in total. The standard InChI is InChI=1S/C17H19N3O4S/c1-25(23,24)15-5-3-2-4-13(15)17(22)18-10-11-20-16(21)9-8-14(19-20)12-6-7-12/h2-5,8-9,12H,6-7,10-11H2,1H3,(H,18,22). The molecule has 1 fully saturated rings. The van der Waals surface area contributed by atoms with Crippen LogP contribution in [0, 0.1) is 0 Å². The van der Waals surface area contributed by atoms with E-state index in [1.54, 1.807) is 18.2 Å². The van der Waals surface area contributed by atoms with E-state index in [-0.39, 0.29) is 29.1 Å². The zero-order valence-corrected chi connectivity index (χ0v) is 14.6. The second-order valence-corrected chi connectivity index (χ2v) is 8.10. The predicted molar refractivity (Wildman–Crippen MR) is 92.4 cm³/mol. The Kier molecular flexibility index (Phi) is 4.71. The second-order valence-electron chi connectivity index (χ2n) is 6.12. The summed E-state index contributed by atoms with van der Waals surface area (Å²) in [4.78, 5) is 24.1. The third-order valence-corrected chi connectivity index (χ3v) is 5.18. The summed E-state index contributed by atoms with van der Waals surface area (Å²) < 4.78 is 24.9. The first-order chi connectivity index (χ1) is 11.9. The SMILES string of the molecule is CS(=O)(=O)c1ccccc1C(=O)NCCn1nc(C2CC2)ccc1=O. The highest BCUT2D eigenvalue weighted by atomic mass is 32.2. The average Bonchev–Trinajstić information content (AvgIpc) is 3.40. The van der Waals surface area contributed by atoms with E-state index in [0.29, 0.717) is 5.92 Å². The lowest BCUT2D eigenvalue weighted by atomic mass is 10.2. The van der Waals surface area contributed by atoms with Crippen molar-refractivity contribution in [1.82, 2.24) is 15.1 Å². The van der Waals surface area contributed by atoms with Gasteiger partial charge in [0.05, 0.1) is 22.7 Å². The summed E-state index contributed by atoms with van der Waals surface area (Å²) in [5.41, 5.74) is 0.764. The summed E-state index contributed by atoms with van der Waals surface area (Å²) >= 11 is 0. The Morgan fingerprint density at radius 3 is 2.64 bits per heavy atom. The Labute approximate surface area is 145 Å². The first-order valence-corrected chi connectivity index (χ1v) is 9.91. The molecule has 1 heterocycles. The molecule has 132 valence electrons. The van der Waals surface area contributed by atoms with Crippen LogP contribution in [-0.2, 0) is 16.4 Å². The molecule has 0 unspecified atom stereocenters. The molecule has 1 aliphatic carbocycles. The minimum atomic E-state index is -3.50. The molecule has 3 rings (SSSR count). The van der Waals surface area contributed by atoms with E-state index >= 15 is 0 Å². The number of benzene rings is 1. The van der Waals surface area contributed by atoms with Crippen LogP contribution in [0.5, 0.6) is 0 Å². The molecule has 1 N–H and O–H groups in total. The highest BCUT2D eigenvalue weighted by molar-refractivity contribution is 7.90. The van der Waals surface area contributed by atoms with Crippen LogP contribution in [0.4, 0.5) is 0 Å². The fourth-order valence-electron chi connectivity index (χ4n) is 2.57. The molecule has 1 aromatic heterocycles. The van der Waals surface area contributed by atoms with E-state index in [1.807, 2.05) is 0 Å². The van der Waals surface area contributed by atoms with Gasteiger partial charge >= 0.3 is 0 Å². The van der Waals surface area contributed by atoms with Crippen molar-refractivity contribution in [3.8, 4) is 0 Å². The van der Waals surface area contributed by atoms with Crippen molar-refractivity contribution in [2.45, 2.75) is 30.2 Å². The molecular formula is C17H19N3O4S. The Bertz CT molecular complexity index is 962. The number of sulfone groups is 1. The molecular weight excluding hydrogens is 342 g/mol. The minimum Gasteiger partial charge on any atom is -0.350 e. The van der Waals surface area contributed by atoms with Crippen LogP contribution in [0.2, 0.25) is 0 Å². The van der Waals surface area contributed by atoms with Gasteiger partial charge in [0.25, 0.3) is 11.5 Å². The van der Waals surface area contributed by atoms with Gasteiger partial charge in [-0.05, 0) is 31.0 Å². The molecule has 0 aliphatic heterocycles. The molecule has 1 aliphatic rings. The van der Waals surface area contributed by atoms with Gasteiger partial charge in [0.1, 0.15) is 0 Å². The molecule has 0 radical (unpaired) electrons. The summed E-state index contributed by atoms with van der Waals surface area (Å²) in [5.74, 6) is -0.0597. The van der Waals surface area contributed by atoms with Crippen LogP contribution < -0.4 is 10.9 Å². The Hall–Kier alpha value is -2.48. The van der Waals surface area contributed by atoms with Crippen molar-refractivity contribution in [1.29, 1.82) is 0 Å². The number of rotatable bonds is 6. The molecule has 8 heteroatoms. The van der Waals surface area contributed by atoms with Gasteiger partial charge in [-0.2, -0.15) is 5.10 Å². The fraction of sp³-hybridized carbons (Fsp3) is 0.353. The molecule has 25 heavy (non-hydrogen) atoms. The van der Waals surface area contributed by atoms with Crippen molar-refractivity contribution in [2.75, 3.05) is 12.8 Å². The van der Waals surface area contributed by atoms with Crippen LogP contribution in [0.3, 0.4) is 0 Å². The predicted octanol–water partition coefficient (Wildman–Crippen LogP) is 0.954. The molecule has 0 bridgehead atoms. The maximum absolute atomic E-state index is 12.3. The molecule has 0 saturated heterocycles. The highest BCUT2D eigenvalue weighted by Crippen LogP contribution is 2.38. The van der Waals surface area contributed by atoms with Crippen LogP contribution in [0.1, 0.15) is 34.8 Å². The summed E-state index contributed by atoms with van der Waals surface area (Å²) in [7, 11) is -3.50. The van der Waals surface area contributed by atoms with Gasteiger partial charge in [0.15, 0.2) is 9.84 Å². The van der Waals surface area contributed by atoms with Crippen LogP contribution >= 0.6 is 0 Å². The number of carbonyl (C=O) groups is 1. The second kappa shape index (κ2) is 6.79. The lowest BCUT2D eigenvalue weighted by Crippen LogP contribution is -2.32. The number of hydrogen-bond donors (Lipinski definition) is 1. The summed E-state index contributed by atoms with van der Waals surface area (Å²) in [5, 5.41) is 6.97. The quantitative estimate of drug-likeness (QED) is 0.826. The molecule has 1 aromatic carbocycles. The highest BCUT2D eigenvalue weighted by Gasteiger charge is 2.25. The Morgan fingerprint density at radius 2 is 1.96 bits per heavy atom. The van der Waals surface area contributed by atoms with E-state index < -0.39 is 15.7 Å². The largest absolute Gasteiger partial charge is 0.350 e. The smallest absolute Gasteiger partial charge is 0.266 e. The van der Waals surface area contributed by atoms with Crippen molar-refractivity contribution in [3.63, 3.8) is 0 Å². The molecule has 1 amide bonds. The van der Waals surface area contributed by atoms with Crippen LogP contribution in [0.25, 0.3) is 0 Å². The molecule has 1 saturated carbocycles. The van der Waals surface area contributed by atoms with E-state index in [1.165, 1.54) is 22.9 Å². The van der Waals surface area contributed by atoms with Crippen molar-refractivity contribution in [3.05, 3.63) is 58.0 Å². The van der Waals surface area contributed by atoms with E-state index in [4.69, 9.17) is 0 Å². The maximum atomic E-state index is 12.3. The van der Waals surface area contributed by atoms with E-state index in [9.17, 15) is 18.0 Å². The van der Waals surface area contributed by atoms with Gasteiger partial charge < -0.3 is 5.32 Å². The summed E-state index contributed by atoms with van der Waals surface area (Å²) in [6, 6.07) is 9.27. The molecule has 2 aromatic rings. The number of hydrogen-bond acceptors (Lipinski definition) is 5. The van der Waals surface area contributed by atoms with Gasteiger partial charge in [-0.3, -0.25) is 9.59 Å². The van der Waals surface area contributed by atoms with Gasteiger partial charge in [-0.15, -0.1) is 0 Å². The third-order valence-electron chi connectivity index (χ3n) is 4.02. The molecule has 0 atom stereocenters. The monoisotopic (exact) mass is 361 g/mol. The number of amides is 1. The van der Waals surface area contributed by atoms with Crippen LogP contribution in [-0.4, -0.2) is 36.9 Å². The third kappa shape index (κ3) is 4.14. The summed E-state index contributed by atoms with van der Waals surface area (Å²) in [6.45, 7) is 0.407. The van der Waals surface area contributed by atoms with Crippen molar-refractivity contribution < 1.29 is 13.2 Å². The maximum Gasteiger partial charge on any atom is 0.266 e. The van der Waals surface area contributed by atoms with Gasteiger partial charge in [-0.25, -0.2) is 13.1 Å². The molecule has 0 spiro atoms. The van der Waals surface area contributed by atoms with E-state index in [0.717, 1.165) is 24.8 Å². The minimum absolute atomic E-state index is 0.0153. The normalized spacial score (nSPS) is 14.3. The van der Waals surface area contributed by atoms with Crippen LogP contribution in [0.15, 0.2) is 46.1 Å². The van der Waals surface area contributed by atoms with Crippen molar-refractivity contribution >= 4 is 15.7 Å². The first-order valence-electron chi connectivity index (χ1n) is 8.01. The summed E-state index contributed by atoms with van der Waals surface area (Å²) in [6.07, 6.45) is 3.24. The number of carbonyl (C=O) groups excluding carboxylic acids is 1. The van der Waals surface area contributed by atoms with Gasteiger partial charge in [0.2, 0.25) is 0 Å². The number of nitrogens with one attached hydrogen (secondary N) is 1. The van der Waals surface area contributed by atoms with Gasteiger partial charge in [-0.1, -0.05) is 12.1 Å². The zero-order valence-electron chi connectivity index (χ0n) is 13.8. The average molecular weight is 361 g/mol. The first kappa shape index (κ1) is 17.3. The van der Waals surface area contributed by atoms with Gasteiger partial charge in [0, 0.05) is 24.8 Å². The fourth-order valence-corrected chi connectivity index (χ4v) is 3.46. The Morgan fingerprint density at radius 1 is 1.24 bits per heavy atom. The topological polar surface area (TPSA) is 98.1 Å².